The van der Waals surface area contributed by atoms with Gasteiger partial charge in [-0.05, 0) is 64.6 Å². The number of carbonyl (C=O) groups is 4. The molecule has 46 heavy (non-hydrogen) atoms. The lowest BCUT2D eigenvalue weighted by atomic mass is 10.1. The first-order valence-electron chi connectivity index (χ1n) is 14.7. The minimum atomic E-state index is -1.75. The lowest BCUT2D eigenvalue weighted by Gasteiger charge is -2.36. The van der Waals surface area contributed by atoms with Crippen LogP contribution in [0.1, 0.15) is 33.6 Å². The van der Waals surface area contributed by atoms with Gasteiger partial charge in [-0.25, -0.2) is 9.59 Å². The quantitative estimate of drug-likeness (QED) is 0.276. The number of hydrogen-bond acceptors (Lipinski definition) is 12. The second-order valence-corrected chi connectivity index (χ2v) is 12.0. The van der Waals surface area contributed by atoms with E-state index in [4.69, 9.17) is 28.4 Å². The third-order valence-electron chi connectivity index (χ3n) is 7.68. The average Bonchev–Trinajstić information content (AvgIpc) is 3.18. The highest BCUT2D eigenvalue weighted by Gasteiger charge is 2.48. The molecule has 0 saturated carbocycles. The van der Waals surface area contributed by atoms with Crippen LogP contribution in [0.25, 0.3) is 0 Å². The first-order chi connectivity index (χ1) is 21.7. The molecule has 4 rings (SSSR count). The molecule has 2 unspecified atom stereocenters. The zero-order chi connectivity index (χ0) is 33.8. The smallest absolute Gasteiger partial charge is 0.420 e. The average molecular weight is 643 g/mol. The van der Waals surface area contributed by atoms with Crippen LogP contribution in [-0.2, 0) is 19.1 Å². The van der Waals surface area contributed by atoms with E-state index in [0.717, 1.165) is 0 Å². The number of likely N-dealkylation sites (N-methyl/N-ethyl adjacent to an activating group) is 2. The summed E-state index contributed by atoms with van der Waals surface area (Å²) in [4.78, 5) is 60.3. The van der Waals surface area contributed by atoms with Gasteiger partial charge in [0.15, 0.2) is 0 Å². The Morgan fingerprint density at radius 3 is 1.41 bits per heavy atom. The van der Waals surface area contributed by atoms with Crippen molar-refractivity contribution in [2.24, 2.45) is 0 Å². The summed E-state index contributed by atoms with van der Waals surface area (Å²) in [6.45, 7) is 0.423. The van der Waals surface area contributed by atoms with Crippen LogP contribution in [-0.4, -0.2) is 138 Å². The van der Waals surface area contributed by atoms with E-state index >= 15 is 0 Å². The van der Waals surface area contributed by atoms with Crippen LogP contribution in [0.3, 0.4) is 0 Å². The number of rotatable bonds is 10. The SMILES string of the molecule is COc1ccc2c(c1)C(=O)N(C)CC(CCN(C)C)(OC(=O)C(=O)OC1(CCN(C)C)CN(C)C(=O)c3cc(OC)ccc3O1)O2. The first-order valence-corrected chi connectivity index (χ1v) is 14.7. The molecule has 0 fully saturated rings. The third kappa shape index (κ3) is 7.62. The predicted octanol–water partition coefficient (Wildman–Crippen LogP) is 1.72. The molecular formula is C32H42N4O10. The van der Waals surface area contributed by atoms with Crippen LogP contribution in [0.5, 0.6) is 23.0 Å². The van der Waals surface area contributed by atoms with Crippen molar-refractivity contribution in [2.75, 3.05) is 82.7 Å². The van der Waals surface area contributed by atoms with Crippen LogP contribution in [0, 0.1) is 0 Å². The summed E-state index contributed by atoms with van der Waals surface area (Å²) in [5.74, 6) is -5.73. The van der Waals surface area contributed by atoms with E-state index in [9.17, 15) is 19.2 Å². The Kier molecular flexibility index (Phi) is 10.3. The molecule has 0 saturated heterocycles. The third-order valence-corrected chi connectivity index (χ3v) is 7.68. The van der Waals surface area contributed by atoms with Gasteiger partial charge in [-0.3, -0.25) is 9.59 Å². The summed E-state index contributed by atoms with van der Waals surface area (Å²) in [6, 6.07) is 9.42. The molecular weight excluding hydrogens is 600 g/mol. The van der Waals surface area contributed by atoms with E-state index in [1.807, 2.05) is 38.0 Å². The van der Waals surface area contributed by atoms with Crippen molar-refractivity contribution in [3.05, 3.63) is 47.5 Å². The Hall–Kier alpha value is -4.56. The van der Waals surface area contributed by atoms with E-state index in [1.165, 1.54) is 36.2 Å². The van der Waals surface area contributed by atoms with Crippen LogP contribution in [0.2, 0.25) is 0 Å². The summed E-state index contributed by atoms with van der Waals surface area (Å²) in [5, 5.41) is 0. The van der Waals surface area contributed by atoms with Gasteiger partial charge in [0.05, 0.1) is 38.4 Å². The zero-order valence-corrected chi connectivity index (χ0v) is 27.6. The number of methoxy groups -OCH3 is 2. The van der Waals surface area contributed by atoms with Crippen molar-refractivity contribution in [1.29, 1.82) is 0 Å². The number of nitrogens with zero attached hydrogens (tertiary/aromatic N) is 4. The maximum absolute atomic E-state index is 13.6. The molecule has 0 N–H and O–H groups in total. The van der Waals surface area contributed by atoms with Crippen LogP contribution >= 0.6 is 0 Å². The van der Waals surface area contributed by atoms with Crippen molar-refractivity contribution in [3.8, 4) is 23.0 Å². The van der Waals surface area contributed by atoms with Crippen molar-refractivity contribution in [1.82, 2.24) is 19.6 Å². The highest BCUT2D eigenvalue weighted by atomic mass is 16.8. The van der Waals surface area contributed by atoms with Gasteiger partial charge >= 0.3 is 11.9 Å². The molecule has 2 atom stereocenters. The minimum Gasteiger partial charge on any atom is -0.497 e. The first kappa shape index (κ1) is 34.3. The molecule has 2 amide bonds. The van der Waals surface area contributed by atoms with Gasteiger partial charge < -0.3 is 48.0 Å². The van der Waals surface area contributed by atoms with E-state index in [1.54, 1.807) is 38.4 Å². The van der Waals surface area contributed by atoms with Crippen molar-refractivity contribution in [2.45, 2.75) is 24.4 Å². The monoisotopic (exact) mass is 642 g/mol. The number of fused-ring (bicyclic) bond motifs is 2. The van der Waals surface area contributed by atoms with Gasteiger partial charge in [0, 0.05) is 40.0 Å². The second kappa shape index (κ2) is 13.8. The molecule has 2 aromatic rings. The molecule has 0 aliphatic carbocycles. The van der Waals surface area contributed by atoms with Gasteiger partial charge in [-0.2, -0.15) is 0 Å². The molecule has 250 valence electrons. The van der Waals surface area contributed by atoms with E-state index in [0.29, 0.717) is 24.6 Å². The van der Waals surface area contributed by atoms with Crippen molar-refractivity contribution < 1.29 is 47.6 Å². The Morgan fingerprint density at radius 2 is 1.09 bits per heavy atom. The molecule has 2 aliphatic rings. The molecule has 2 heterocycles. The Labute approximate surface area is 268 Å². The molecule has 2 aromatic carbocycles. The predicted molar refractivity (Wildman–Crippen MR) is 165 cm³/mol. The largest absolute Gasteiger partial charge is 0.497 e. The normalized spacial score (nSPS) is 21.0. The van der Waals surface area contributed by atoms with Crippen LogP contribution < -0.4 is 18.9 Å². The number of esters is 2. The Balaban J connectivity index is 1.67. The van der Waals surface area contributed by atoms with E-state index < -0.39 is 23.5 Å². The summed E-state index contributed by atoms with van der Waals surface area (Å²) < 4.78 is 34.8. The van der Waals surface area contributed by atoms with E-state index in [2.05, 4.69) is 0 Å². The lowest BCUT2D eigenvalue weighted by molar-refractivity contribution is -0.227. The van der Waals surface area contributed by atoms with Crippen molar-refractivity contribution in [3.63, 3.8) is 0 Å². The fourth-order valence-corrected chi connectivity index (χ4v) is 5.20. The summed E-state index contributed by atoms with van der Waals surface area (Å²) in [6.07, 6.45) is 0.216. The molecule has 14 nitrogen and oxygen atoms in total. The molecule has 0 bridgehead atoms. The summed E-state index contributed by atoms with van der Waals surface area (Å²) in [7, 11) is 13.4. The number of hydrogen-bond donors (Lipinski definition) is 0. The molecule has 2 aliphatic heterocycles. The van der Waals surface area contributed by atoms with Gasteiger partial charge in [-0.1, -0.05) is 0 Å². The highest BCUT2D eigenvalue weighted by Crippen LogP contribution is 2.36. The van der Waals surface area contributed by atoms with Gasteiger partial charge in [0.1, 0.15) is 23.0 Å². The fraction of sp³-hybridized carbons (Fsp3) is 0.500. The molecule has 0 aromatic heterocycles. The molecule has 0 radical (unpaired) electrons. The number of amides is 2. The van der Waals surface area contributed by atoms with Gasteiger partial charge in [0.25, 0.3) is 23.4 Å². The maximum Gasteiger partial charge on any atom is 0.420 e. The van der Waals surface area contributed by atoms with E-state index in [-0.39, 0.29) is 60.4 Å². The number of benzene rings is 2. The van der Waals surface area contributed by atoms with Gasteiger partial charge in [-0.15, -0.1) is 0 Å². The zero-order valence-electron chi connectivity index (χ0n) is 27.6. The molecule has 0 spiro atoms. The number of carbonyl (C=O) groups excluding carboxylic acids is 4. The fourth-order valence-electron chi connectivity index (χ4n) is 5.20. The Morgan fingerprint density at radius 1 is 0.717 bits per heavy atom. The van der Waals surface area contributed by atoms with Crippen molar-refractivity contribution >= 4 is 23.8 Å². The summed E-state index contributed by atoms with van der Waals surface area (Å²) in [5.41, 5.74) is 0.425. The lowest BCUT2D eigenvalue weighted by Crippen LogP contribution is -2.54. The standard InChI is InChI=1S/C32H42N4O10/c1-33(2)15-13-31(19-35(5)27(37)23-17-21(41-7)9-11-25(23)43-31)45-29(39)30(40)46-32(14-16-34(3)4)20-36(6)28(38)24-18-22(42-8)10-12-26(24)44-32/h9-12,17-18H,13-16,19-20H2,1-8H3. The number of ether oxygens (including phenoxy) is 6. The summed E-state index contributed by atoms with van der Waals surface area (Å²) >= 11 is 0. The van der Waals surface area contributed by atoms with Crippen LogP contribution in [0.4, 0.5) is 0 Å². The van der Waals surface area contributed by atoms with Crippen LogP contribution in [0.15, 0.2) is 36.4 Å². The second-order valence-electron chi connectivity index (χ2n) is 12.0. The Bertz CT molecular complexity index is 1370. The van der Waals surface area contributed by atoms with Gasteiger partial charge in [0.2, 0.25) is 0 Å². The molecule has 14 heteroatoms. The maximum atomic E-state index is 13.6. The topological polar surface area (TPSA) is 137 Å². The minimum absolute atomic E-state index is 0.108. The highest BCUT2D eigenvalue weighted by molar-refractivity contribution is 6.30.